The highest BCUT2D eigenvalue weighted by Crippen LogP contribution is 2.25. The average molecular weight is 406 g/mol. The standard InChI is InChI=1S/C18H18N2O7S/c1-25-18(22)20-12-4-6-13(7-5-12)28(23,24)19-11-14(21)15-8-9-17(27-15)16-3-2-10-26-16/h2-10,14,19,21H,11H2,1H3,(H,20,22). The predicted octanol–water partition coefficient (Wildman–Crippen LogP) is 2.73. The number of furan rings is 2. The third kappa shape index (κ3) is 4.60. The smallest absolute Gasteiger partial charge is 0.411 e. The van der Waals surface area contributed by atoms with Gasteiger partial charge in [-0.05, 0) is 48.5 Å². The molecule has 1 atom stereocenters. The molecule has 0 saturated carbocycles. The van der Waals surface area contributed by atoms with Crippen molar-refractivity contribution in [3.63, 3.8) is 0 Å². The summed E-state index contributed by atoms with van der Waals surface area (Å²) in [5.74, 6) is 1.13. The Labute approximate surface area is 161 Å². The van der Waals surface area contributed by atoms with Crippen LogP contribution in [-0.4, -0.2) is 33.3 Å². The summed E-state index contributed by atoms with van der Waals surface area (Å²) in [5, 5.41) is 12.6. The zero-order chi connectivity index (χ0) is 20.1. The van der Waals surface area contributed by atoms with Crippen LogP contribution in [0.25, 0.3) is 11.5 Å². The second kappa shape index (κ2) is 8.30. The van der Waals surface area contributed by atoms with Crippen molar-refractivity contribution in [2.75, 3.05) is 19.0 Å². The molecule has 3 aromatic rings. The Kier molecular flexibility index (Phi) is 5.83. The first-order chi connectivity index (χ1) is 13.4. The number of hydrogen-bond acceptors (Lipinski definition) is 7. The molecule has 1 unspecified atom stereocenters. The molecule has 10 heteroatoms. The van der Waals surface area contributed by atoms with E-state index in [-0.39, 0.29) is 17.2 Å². The maximum atomic E-state index is 12.4. The lowest BCUT2D eigenvalue weighted by molar-refractivity contribution is 0.154. The maximum Gasteiger partial charge on any atom is 0.411 e. The summed E-state index contributed by atoms with van der Waals surface area (Å²) in [4.78, 5) is 11.1. The molecule has 0 aliphatic carbocycles. The molecule has 148 valence electrons. The number of ether oxygens (including phenoxy) is 1. The van der Waals surface area contributed by atoms with Crippen LogP contribution in [0.15, 0.2) is 68.5 Å². The molecule has 0 fully saturated rings. The van der Waals surface area contributed by atoms with Crippen molar-refractivity contribution in [3.05, 3.63) is 60.6 Å². The molecule has 3 N–H and O–H groups in total. The van der Waals surface area contributed by atoms with Crippen molar-refractivity contribution in [2.45, 2.75) is 11.0 Å². The van der Waals surface area contributed by atoms with Crippen LogP contribution in [0.5, 0.6) is 0 Å². The highest BCUT2D eigenvalue weighted by Gasteiger charge is 2.19. The van der Waals surface area contributed by atoms with Crippen LogP contribution >= 0.6 is 0 Å². The number of sulfonamides is 1. The van der Waals surface area contributed by atoms with Gasteiger partial charge < -0.3 is 18.7 Å². The molecule has 28 heavy (non-hydrogen) atoms. The molecule has 0 bridgehead atoms. The van der Waals surface area contributed by atoms with Crippen LogP contribution in [0.2, 0.25) is 0 Å². The number of hydrogen-bond donors (Lipinski definition) is 3. The summed E-state index contributed by atoms with van der Waals surface area (Å²) in [6.07, 6.45) is -0.350. The first kappa shape index (κ1) is 19.7. The Morgan fingerprint density at radius 2 is 1.89 bits per heavy atom. The number of rotatable bonds is 7. The van der Waals surface area contributed by atoms with Gasteiger partial charge in [-0.1, -0.05) is 0 Å². The summed E-state index contributed by atoms with van der Waals surface area (Å²) in [5.41, 5.74) is 0.381. The number of benzene rings is 1. The summed E-state index contributed by atoms with van der Waals surface area (Å²) in [7, 11) is -2.64. The molecular formula is C18H18N2O7S. The zero-order valence-corrected chi connectivity index (χ0v) is 15.6. The highest BCUT2D eigenvalue weighted by atomic mass is 32.2. The monoisotopic (exact) mass is 406 g/mol. The molecule has 1 amide bonds. The van der Waals surface area contributed by atoms with Crippen molar-refractivity contribution < 1.29 is 31.9 Å². The van der Waals surface area contributed by atoms with Crippen molar-refractivity contribution in [3.8, 4) is 11.5 Å². The van der Waals surface area contributed by atoms with Gasteiger partial charge in [0.1, 0.15) is 11.9 Å². The second-order valence-electron chi connectivity index (χ2n) is 5.69. The quantitative estimate of drug-likeness (QED) is 0.550. The van der Waals surface area contributed by atoms with E-state index in [0.29, 0.717) is 17.2 Å². The van der Waals surface area contributed by atoms with E-state index in [9.17, 15) is 18.3 Å². The van der Waals surface area contributed by atoms with Gasteiger partial charge in [-0.3, -0.25) is 5.32 Å². The zero-order valence-electron chi connectivity index (χ0n) is 14.8. The minimum absolute atomic E-state index is 0.0224. The van der Waals surface area contributed by atoms with E-state index >= 15 is 0 Å². The van der Waals surface area contributed by atoms with Gasteiger partial charge in [0.2, 0.25) is 10.0 Å². The SMILES string of the molecule is COC(=O)Nc1ccc(S(=O)(=O)NCC(O)c2ccc(-c3ccco3)o2)cc1. The lowest BCUT2D eigenvalue weighted by Gasteiger charge is -2.11. The number of aliphatic hydroxyl groups is 1. The van der Waals surface area contributed by atoms with Gasteiger partial charge in [-0.2, -0.15) is 0 Å². The van der Waals surface area contributed by atoms with E-state index in [4.69, 9.17) is 8.83 Å². The number of amides is 1. The third-order valence-corrected chi connectivity index (χ3v) is 5.22. The van der Waals surface area contributed by atoms with E-state index in [1.807, 2.05) is 0 Å². The Morgan fingerprint density at radius 1 is 1.14 bits per heavy atom. The number of methoxy groups -OCH3 is 1. The lowest BCUT2D eigenvalue weighted by Crippen LogP contribution is -2.28. The van der Waals surface area contributed by atoms with Crippen molar-refractivity contribution >= 4 is 21.8 Å². The van der Waals surface area contributed by atoms with Crippen molar-refractivity contribution in [1.29, 1.82) is 0 Å². The van der Waals surface area contributed by atoms with Crippen molar-refractivity contribution in [1.82, 2.24) is 4.72 Å². The molecule has 0 saturated heterocycles. The number of anilines is 1. The third-order valence-electron chi connectivity index (χ3n) is 3.78. The number of nitrogens with one attached hydrogen (secondary N) is 2. The van der Waals surface area contributed by atoms with E-state index in [1.54, 1.807) is 24.3 Å². The van der Waals surface area contributed by atoms with E-state index < -0.39 is 22.2 Å². The minimum atomic E-state index is -3.86. The summed E-state index contributed by atoms with van der Waals surface area (Å²) < 4.78 is 42.2. The molecular weight excluding hydrogens is 388 g/mol. The molecule has 1 aromatic carbocycles. The lowest BCUT2D eigenvalue weighted by atomic mass is 10.3. The van der Waals surface area contributed by atoms with Crippen LogP contribution in [0.3, 0.4) is 0 Å². The Hall–Kier alpha value is -3.08. The number of carbonyl (C=O) groups is 1. The van der Waals surface area contributed by atoms with Crippen LogP contribution < -0.4 is 10.0 Å². The summed E-state index contributed by atoms with van der Waals surface area (Å²) in [6, 6.07) is 12.1. The normalized spacial score (nSPS) is 12.5. The molecule has 0 spiro atoms. The topological polar surface area (TPSA) is 131 Å². The number of aliphatic hydroxyl groups excluding tert-OH is 1. The molecule has 2 aromatic heterocycles. The van der Waals surface area contributed by atoms with Gasteiger partial charge in [0.05, 0.1) is 18.3 Å². The van der Waals surface area contributed by atoms with Gasteiger partial charge in [-0.15, -0.1) is 0 Å². The maximum absolute atomic E-state index is 12.4. The van der Waals surface area contributed by atoms with Gasteiger partial charge in [0.15, 0.2) is 11.5 Å². The fourth-order valence-corrected chi connectivity index (χ4v) is 3.38. The van der Waals surface area contributed by atoms with Crippen molar-refractivity contribution in [2.24, 2.45) is 0 Å². The molecule has 0 radical (unpaired) electrons. The molecule has 9 nitrogen and oxygen atoms in total. The molecule has 3 rings (SSSR count). The van der Waals surface area contributed by atoms with E-state index in [0.717, 1.165) is 0 Å². The molecule has 0 aliphatic rings. The Balaban J connectivity index is 1.62. The Morgan fingerprint density at radius 3 is 2.54 bits per heavy atom. The minimum Gasteiger partial charge on any atom is -0.461 e. The predicted molar refractivity (Wildman–Crippen MR) is 99.0 cm³/mol. The van der Waals surface area contributed by atoms with Gasteiger partial charge in [0, 0.05) is 12.2 Å². The van der Waals surface area contributed by atoms with E-state index in [1.165, 1.54) is 37.6 Å². The highest BCUT2D eigenvalue weighted by molar-refractivity contribution is 7.89. The average Bonchev–Trinajstić information content (AvgIpc) is 3.38. The molecule has 2 heterocycles. The second-order valence-corrected chi connectivity index (χ2v) is 7.45. The first-order valence-electron chi connectivity index (χ1n) is 8.15. The fourth-order valence-electron chi connectivity index (χ4n) is 2.34. The van der Waals surface area contributed by atoms with Gasteiger partial charge in [-0.25, -0.2) is 17.9 Å². The summed E-state index contributed by atoms with van der Waals surface area (Å²) in [6.45, 7) is -0.282. The van der Waals surface area contributed by atoms with Crippen LogP contribution in [-0.2, 0) is 14.8 Å². The van der Waals surface area contributed by atoms with Crippen LogP contribution in [0.4, 0.5) is 10.5 Å². The largest absolute Gasteiger partial charge is 0.461 e. The fraction of sp³-hybridized carbons (Fsp3) is 0.167. The van der Waals surface area contributed by atoms with Gasteiger partial charge in [0.25, 0.3) is 0 Å². The van der Waals surface area contributed by atoms with Crippen LogP contribution in [0.1, 0.15) is 11.9 Å². The van der Waals surface area contributed by atoms with E-state index in [2.05, 4.69) is 14.8 Å². The molecule has 0 aliphatic heterocycles. The number of carbonyl (C=O) groups excluding carboxylic acids is 1. The first-order valence-corrected chi connectivity index (χ1v) is 9.64. The Bertz CT molecular complexity index is 1020. The summed E-state index contributed by atoms with van der Waals surface area (Å²) >= 11 is 0. The van der Waals surface area contributed by atoms with Crippen LogP contribution in [0, 0.1) is 0 Å². The van der Waals surface area contributed by atoms with Gasteiger partial charge >= 0.3 is 6.09 Å².